The van der Waals surface area contributed by atoms with Gasteiger partial charge in [-0.15, -0.1) is 0 Å². The van der Waals surface area contributed by atoms with Gasteiger partial charge in [-0.1, -0.05) is 37.3 Å². The summed E-state index contributed by atoms with van der Waals surface area (Å²) >= 11 is 0. The van der Waals surface area contributed by atoms with Crippen LogP contribution in [0, 0.1) is 13.8 Å². The summed E-state index contributed by atoms with van der Waals surface area (Å²) in [6, 6.07) is 9.86. The first kappa shape index (κ1) is 12.6. The lowest BCUT2D eigenvalue weighted by molar-refractivity contribution is 0.0965. The Morgan fingerprint density at radius 2 is 1.83 bits per heavy atom. The van der Waals surface area contributed by atoms with Crippen LogP contribution in [0.3, 0.4) is 0 Å². The van der Waals surface area contributed by atoms with E-state index in [0.717, 1.165) is 22.5 Å². The zero-order valence-electron chi connectivity index (χ0n) is 11.3. The zero-order chi connectivity index (χ0) is 13.3. The van der Waals surface area contributed by atoms with E-state index < -0.39 is 0 Å². The predicted octanol–water partition coefficient (Wildman–Crippen LogP) is 3.02. The number of rotatable bonds is 3. The van der Waals surface area contributed by atoms with Crippen molar-refractivity contribution in [3.63, 3.8) is 0 Å². The van der Waals surface area contributed by atoms with Crippen LogP contribution in [0.25, 0.3) is 0 Å². The number of nitrogens with zero attached hydrogens (tertiary/aromatic N) is 2. The smallest absolute Gasteiger partial charge is 0.173 e. The first-order chi connectivity index (χ1) is 8.52. The minimum atomic E-state index is -0.132. The van der Waals surface area contributed by atoms with Gasteiger partial charge in [0.1, 0.15) is 0 Å². The number of Topliss-reactive ketones (excluding diaryl/α,β-unsaturated/α-hetero) is 1. The summed E-state index contributed by atoms with van der Waals surface area (Å²) in [7, 11) is 1.87. The van der Waals surface area contributed by atoms with Crippen LogP contribution in [-0.4, -0.2) is 15.6 Å². The maximum absolute atomic E-state index is 12.5. The van der Waals surface area contributed by atoms with E-state index in [-0.39, 0.29) is 11.7 Å². The minimum Gasteiger partial charge on any atom is -0.293 e. The molecule has 0 N–H and O–H groups in total. The Kier molecular flexibility index (Phi) is 3.32. The highest BCUT2D eigenvalue weighted by Crippen LogP contribution is 2.23. The van der Waals surface area contributed by atoms with Gasteiger partial charge in [-0.25, -0.2) is 0 Å². The Morgan fingerprint density at radius 1 is 1.22 bits per heavy atom. The first-order valence-corrected chi connectivity index (χ1v) is 6.11. The highest BCUT2D eigenvalue weighted by molar-refractivity contribution is 6.02. The Balaban J connectivity index is 2.38. The van der Waals surface area contributed by atoms with Crippen LogP contribution < -0.4 is 0 Å². The average Bonchev–Trinajstić information content (AvgIpc) is 2.63. The molecule has 1 aromatic carbocycles. The van der Waals surface area contributed by atoms with E-state index in [1.54, 1.807) is 4.68 Å². The molecule has 3 heteroatoms. The number of hydrogen-bond donors (Lipinski definition) is 0. The molecule has 18 heavy (non-hydrogen) atoms. The lowest BCUT2D eigenvalue weighted by atomic mass is 9.91. The van der Waals surface area contributed by atoms with Gasteiger partial charge in [0.05, 0.1) is 11.3 Å². The van der Waals surface area contributed by atoms with Crippen molar-refractivity contribution in [2.24, 2.45) is 7.05 Å². The largest absolute Gasteiger partial charge is 0.293 e. The van der Waals surface area contributed by atoms with Gasteiger partial charge in [-0.2, -0.15) is 5.10 Å². The predicted molar refractivity (Wildman–Crippen MR) is 71.9 cm³/mol. The molecular weight excluding hydrogens is 224 g/mol. The fraction of sp³-hybridized carbons (Fsp3) is 0.333. The Hall–Kier alpha value is -1.90. The Labute approximate surface area is 107 Å². The van der Waals surface area contributed by atoms with Crippen LogP contribution in [0.4, 0.5) is 0 Å². The molecule has 0 saturated heterocycles. The monoisotopic (exact) mass is 242 g/mol. The van der Waals surface area contributed by atoms with Gasteiger partial charge in [-0.3, -0.25) is 9.48 Å². The number of carbonyl (C=O) groups is 1. The van der Waals surface area contributed by atoms with E-state index in [1.807, 2.05) is 58.2 Å². The number of aromatic nitrogens is 2. The molecule has 0 radical (unpaired) electrons. The third-order valence-electron chi connectivity index (χ3n) is 3.45. The molecule has 0 saturated carbocycles. The van der Waals surface area contributed by atoms with Crippen molar-refractivity contribution in [2.45, 2.75) is 26.7 Å². The molecular formula is C15H18N2O. The van der Waals surface area contributed by atoms with E-state index in [2.05, 4.69) is 5.10 Å². The normalized spacial score (nSPS) is 12.4. The quantitative estimate of drug-likeness (QED) is 0.775. The van der Waals surface area contributed by atoms with E-state index in [4.69, 9.17) is 0 Å². The van der Waals surface area contributed by atoms with Crippen molar-refractivity contribution in [2.75, 3.05) is 0 Å². The van der Waals surface area contributed by atoms with E-state index in [0.29, 0.717) is 0 Å². The van der Waals surface area contributed by atoms with Crippen molar-refractivity contribution in [3.8, 4) is 0 Å². The van der Waals surface area contributed by atoms with E-state index >= 15 is 0 Å². The number of hydrogen-bond acceptors (Lipinski definition) is 2. The molecule has 0 bridgehead atoms. The van der Waals surface area contributed by atoms with Gasteiger partial charge in [-0.05, 0) is 19.4 Å². The highest BCUT2D eigenvalue weighted by atomic mass is 16.1. The van der Waals surface area contributed by atoms with Crippen LogP contribution in [0.2, 0.25) is 0 Å². The Bertz CT molecular complexity index is 570. The molecule has 0 fully saturated rings. The third-order valence-corrected chi connectivity index (χ3v) is 3.45. The summed E-state index contributed by atoms with van der Waals surface area (Å²) in [6.45, 7) is 5.77. The first-order valence-electron chi connectivity index (χ1n) is 6.11. The molecule has 0 spiro atoms. The average molecular weight is 242 g/mol. The molecule has 3 nitrogen and oxygen atoms in total. The molecule has 2 rings (SSSR count). The lowest BCUT2D eigenvalue weighted by Gasteiger charge is -2.11. The highest BCUT2D eigenvalue weighted by Gasteiger charge is 2.23. The van der Waals surface area contributed by atoms with Crippen LogP contribution >= 0.6 is 0 Å². The van der Waals surface area contributed by atoms with Crippen LogP contribution in [0.5, 0.6) is 0 Å². The molecule has 2 aromatic rings. The maximum atomic E-state index is 12.5. The summed E-state index contributed by atoms with van der Waals surface area (Å²) in [4.78, 5) is 12.5. The molecule has 1 atom stereocenters. The number of ketones is 1. The van der Waals surface area contributed by atoms with Crippen molar-refractivity contribution >= 4 is 5.78 Å². The number of aryl methyl sites for hydroxylation is 2. The standard InChI is InChI=1S/C15H18N2O/c1-10(13-8-6-5-7-9-13)15(18)14-11(2)16-17(4)12(14)3/h5-10H,1-4H3. The number of benzene rings is 1. The summed E-state index contributed by atoms with van der Waals surface area (Å²) in [5, 5.41) is 4.30. The molecule has 0 aliphatic heterocycles. The Morgan fingerprint density at radius 3 is 2.33 bits per heavy atom. The van der Waals surface area contributed by atoms with Crippen LogP contribution in [-0.2, 0) is 7.05 Å². The fourth-order valence-corrected chi connectivity index (χ4v) is 2.24. The van der Waals surface area contributed by atoms with Crippen LogP contribution in [0.15, 0.2) is 30.3 Å². The summed E-state index contributed by atoms with van der Waals surface area (Å²) in [5.74, 6) is 0.0112. The SMILES string of the molecule is Cc1nn(C)c(C)c1C(=O)C(C)c1ccccc1. The van der Waals surface area contributed by atoms with E-state index in [1.165, 1.54) is 0 Å². The van der Waals surface area contributed by atoms with Crippen molar-refractivity contribution in [3.05, 3.63) is 52.8 Å². The van der Waals surface area contributed by atoms with Crippen LogP contribution in [0.1, 0.15) is 40.2 Å². The van der Waals surface area contributed by atoms with Gasteiger partial charge < -0.3 is 0 Å². The molecule has 1 aromatic heterocycles. The second-order valence-corrected chi connectivity index (χ2v) is 4.67. The summed E-state index contributed by atoms with van der Waals surface area (Å²) in [5.41, 5.74) is 3.54. The van der Waals surface area contributed by atoms with Crippen molar-refractivity contribution in [1.29, 1.82) is 0 Å². The molecule has 0 amide bonds. The topological polar surface area (TPSA) is 34.9 Å². The van der Waals surface area contributed by atoms with Gasteiger partial charge in [0.2, 0.25) is 0 Å². The summed E-state index contributed by atoms with van der Waals surface area (Å²) < 4.78 is 1.76. The van der Waals surface area contributed by atoms with Gasteiger partial charge in [0.15, 0.2) is 5.78 Å². The van der Waals surface area contributed by atoms with Gasteiger partial charge >= 0.3 is 0 Å². The third kappa shape index (κ3) is 2.08. The van der Waals surface area contributed by atoms with Crippen molar-refractivity contribution in [1.82, 2.24) is 9.78 Å². The number of carbonyl (C=O) groups excluding carboxylic acids is 1. The second-order valence-electron chi connectivity index (χ2n) is 4.67. The summed E-state index contributed by atoms with van der Waals surface area (Å²) in [6.07, 6.45) is 0. The molecule has 1 heterocycles. The molecule has 0 aliphatic rings. The molecule has 0 aliphatic carbocycles. The van der Waals surface area contributed by atoms with Gasteiger partial charge in [0, 0.05) is 18.7 Å². The minimum absolute atomic E-state index is 0.132. The zero-order valence-corrected chi connectivity index (χ0v) is 11.3. The molecule has 1 unspecified atom stereocenters. The lowest BCUT2D eigenvalue weighted by Crippen LogP contribution is -2.11. The maximum Gasteiger partial charge on any atom is 0.173 e. The van der Waals surface area contributed by atoms with Gasteiger partial charge in [0.25, 0.3) is 0 Å². The fourth-order valence-electron chi connectivity index (χ4n) is 2.24. The van der Waals surface area contributed by atoms with E-state index in [9.17, 15) is 4.79 Å². The molecule has 94 valence electrons. The van der Waals surface area contributed by atoms with Crippen molar-refractivity contribution < 1.29 is 4.79 Å². The second kappa shape index (κ2) is 4.77.